The van der Waals surface area contributed by atoms with Crippen LogP contribution in [0.4, 0.5) is 0 Å². The molecule has 1 saturated heterocycles. The van der Waals surface area contributed by atoms with E-state index >= 15 is 0 Å². The molecule has 5 heteroatoms. The van der Waals surface area contributed by atoms with Crippen LogP contribution in [0.1, 0.15) is 18.4 Å². The first-order valence-corrected chi connectivity index (χ1v) is 5.96. The molecule has 0 spiro atoms. The first-order valence-electron chi connectivity index (χ1n) is 5.96. The Hall–Kier alpha value is -1.04. The van der Waals surface area contributed by atoms with Gasteiger partial charge in [-0.2, -0.15) is 0 Å². The van der Waals surface area contributed by atoms with E-state index in [0.717, 1.165) is 30.9 Å². The van der Waals surface area contributed by atoms with E-state index in [-0.39, 0.29) is 0 Å². The molecule has 2 N–H and O–H groups in total. The van der Waals surface area contributed by atoms with Gasteiger partial charge in [0.15, 0.2) is 0 Å². The van der Waals surface area contributed by atoms with Crippen molar-refractivity contribution < 1.29 is 14.8 Å². The maximum Gasteiger partial charge on any atom is 0.488 e. The van der Waals surface area contributed by atoms with Crippen molar-refractivity contribution in [3.63, 3.8) is 0 Å². The minimum atomic E-state index is -1.42. The molecule has 1 aromatic carbocycles. The highest BCUT2D eigenvalue weighted by Gasteiger charge is 2.17. The fourth-order valence-electron chi connectivity index (χ4n) is 2.26. The van der Waals surface area contributed by atoms with Gasteiger partial charge in [0.05, 0.1) is 7.11 Å². The zero-order valence-electron chi connectivity index (χ0n) is 10.1. The Morgan fingerprint density at radius 3 is 2.59 bits per heavy atom. The van der Waals surface area contributed by atoms with Crippen molar-refractivity contribution >= 4 is 12.6 Å². The van der Waals surface area contributed by atoms with Gasteiger partial charge < -0.3 is 14.8 Å². The van der Waals surface area contributed by atoms with E-state index in [2.05, 4.69) is 4.90 Å². The molecule has 1 fully saturated rings. The fourth-order valence-corrected chi connectivity index (χ4v) is 2.26. The predicted molar refractivity (Wildman–Crippen MR) is 67.3 cm³/mol. The number of methoxy groups -OCH3 is 1. The van der Waals surface area contributed by atoms with Crippen molar-refractivity contribution in [1.82, 2.24) is 4.90 Å². The molecule has 1 aliphatic heterocycles. The smallest absolute Gasteiger partial charge is 0.488 e. The summed E-state index contributed by atoms with van der Waals surface area (Å²) in [7, 11) is 0.218. The summed E-state index contributed by atoms with van der Waals surface area (Å²) in [4.78, 5) is 2.35. The van der Waals surface area contributed by atoms with Gasteiger partial charge in [0.2, 0.25) is 0 Å². The highest BCUT2D eigenvalue weighted by Crippen LogP contribution is 2.20. The Morgan fingerprint density at radius 2 is 2.00 bits per heavy atom. The summed E-state index contributed by atoms with van der Waals surface area (Å²) in [5.74, 6) is 0.807. The molecule has 0 unspecified atom stereocenters. The molecule has 92 valence electrons. The summed E-state index contributed by atoms with van der Waals surface area (Å²) in [5.41, 5.74) is 1.53. The second-order valence-corrected chi connectivity index (χ2v) is 4.43. The van der Waals surface area contributed by atoms with Crippen LogP contribution in [0.3, 0.4) is 0 Å². The third kappa shape index (κ3) is 3.00. The van der Waals surface area contributed by atoms with E-state index in [9.17, 15) is 10.0 Å². The molecular weight excluding hydrogens is 217 g/mol. The molecule has 0 atom stereocenters. The lowest BCUT2D eigenvalue weighted by molar-refractivity contribution is 0.321. The van der Waals surface area contributed by atoms with Crippen LogP contribution in [-0.2, 0) is 6.54 Å². The van der Waals surface area contributed by atoms with Crippen molar-refractivity contribution in [2.75, 3.05) is 20.2 Å². The number of rotatable bonds is 4. The van der Waals surface area contributed by atoms with E-state index in [0.29, 0.717) is 5.46 Å². The van der Waals surface area contributed by atoms with E-state index in [1.807, 2.05) is 6.07 Å². The lowest BCUT2D eigenvalue weighted by atomic mass is 9.79. The van der Waals surface area contributed by atoms with E-state index < -0.39 is 7.12 Å². The van der Waals surface area contributed by atoms with Crippen molar-refractivity contribution in [3.05, 3.63) is 23.8 Å². The zero-order valence-corrected chi connectivity index (χ0v) is 10.1. The average Bonchev–Trinajstić information content (AvgIpc) is 2.81. The monoisotopic (exact) mass is 235 g/mol. The molecule has 0 bridgehead atoms. The van der Waals surface area contributed by atoms with Gasteiger partial charge in [-0.15, -0.1) is 0 Å². The number of likely N-dealkylation sites (tertiary alicyclic amines) is 1. The van der Waals surface area contributed by atoms with E-state index in [1.165, 1.54) is 12.8 Å². The Balaban J connectivity index is 2.19. The quantitative estimate of drug-likeness (QED) is 0.719. The largest absolute Gasteiger partial charge is 0.496 e. The van der Waals surface area contributed by atoms with Gasteiger partial charge in [-0.3, -0.25) is 4.90 Å². The summed E-state index contributed by atoms with van der Waals surface area (Å²) in [6, 6.07) is 5.28. The molecule has 2 rings (SSSR count). The van der Waals surface area contributed by atoms with Gasteiger partial charge in [0.1, 0.15) is 5.75 Å². The highest BCUT2D eigenvalue weighted by atomic mass is 16.5. The zero-order chi connectivity index (χ0) is 12.3. The van der Waals surface area contributed by atoms with Gasteiger partial charge in [-0.05, 0) is 37.5 Å². The Kier molecular flexibility index (Phi) is 4.04. The standard InChI is InChI=1S/C12H18BNO3/c1-17-12-5-4-11(13(15)16)8-10(12)9-14-6-2-3-7-14/h4-5,8,15-16H,2-3,6-7,9H2,1H3. The number of hydrogen-bond donors (Lipinski definition) is 2. The Labute approximate surface area is 102 Å². The van der Waals surface area contributed by atoms with Crippen LogP contribution in [0, 0.1) is 0 Å². The van der Waals surface area contributed by atoms with Crippen molar-refractivity contribution in [2.45, 2.75) is 19.4 Å². The van der Waals surface area contributed by atoms with Crippen LogP contribution in [0.15, 0.2) is 18.2 Å². The molecule has 1 aromatic rings. The first-order chi connectivity index (χ1) is 8.20. The highest BCUT2D eigenvalue weighted by molar-refractivity contribution is 6.58. The summed E-state index contributed by atoms with van der Waals surface area (Å²) >= 11 is 0. The van der Waals surface area contributed by atoms with Crippen molar-refractivity contribution in [1.29, 1.82) is 0 Å². The fraction of sp³-hybridized carbons (Fsp3) is 0.500. The molecule has 1 aliphatic rings. The average molecular weight is 235 g/mol. The second-order valence-electron chi connectivity index (χ2n) is 4.43. The van der Waals surface area contributed by atoms with Gasteiger partial charge in [-0.25, -0.2) is 0 Å². The molecule has 0 saturated carbocycles. The summed E-state index contributed by atoms with van der Waals surface area (Å²) in [5, 5.41) is 18.3. The van der Waals surface area contributed by atoms with E-state index in [1.54, 1.807) is 19.2 Å². The minimum Gasteiger partial charge on any atom is -0.496 e. The summed E-state index contributed by atoms with van der Waals surface area (Å²) in [6.07, 6.45) is 2.48. The second kappa shape index (κ2) is 5.53. The van der Waals surface area contributed by atoms with Crippen LogP contribution in [0.2, 0.25) is 0 Å². The van der Waals surface area contributed by atoms with Crippen LogP contribution >= 0.6 is 0 Å². The number of benzene rings is 1. The van der Waals surface area contributed by atoms with Crippen molar-refractivity contribution in [3.8, 4) is 5.75 Å². The third-order valence-electron chi connectivity index (χ3n) is 3.20. The maximum atomic E-state index is 9.17. The van der Waals surface area contributed by atoms with Crippen LogP contribution in [-0.4, -0.2) is 42.3 Å². The van der Waals surface area contributed by atoms with Crippen LogP contribution < -0.4 is 10.2 Å². The Morgan fingerprint density at radius 1 is 1.29 bits per heavy atom. The lowest BCUT2D eigenvalue weighted by Gasteiger charge is -2.17. The summed E-state index contributed by atoms with van der Waals surface area (Å²) in [6.45, 7) is 3.02. The molecule has 4 nitrogen and oxygen atoms in total. The lowest BCUT2D eigenvalue weighted by Crippen LogP contribution is -2.30. The number of ether oxygens (including phenoxy) is 1. The molecule has 1 heterocycles. The van der Waals surface area contributed by atoms with Gasteiger partial charge >= 0.3 is 7.12 Å². The number of nitrogens with zero attached hydrogens (tertiary/aromatic N) is 1. The molecule has 0 aromatic heterocycles. The topological polar surface area (TPSA) is 52.9 Å². The third-order valence-corrected chi connectivity index (χ3v) is 3.20. The predicted octanol–water partition coefficient (Wildman–Crippen LogP) is -0.0292. The molecule has 17 heavy (non-hydrogen) atoms. The van der Waals surface area contributed by atoms with E-state index in [4.69, 9.17) is 4.74 Å². The Bertz CT molecular complexity index is 378. The molecule has 0 aliphatic carbocycles. The summed E-state index contributed by atoms with van der Waals surface area (Å²) < 4.78 is 5.30. The minimum absolute atomic E-state index is 0.514. The van der Waals surface area contributed by atoms with Crippen LogP contribution in [0.25, 0.3) is 0 Å². The first kappa shape index (κ1) is 12.4. The SMILES string of the molecule is COc1ccc(B(O)O)cc1CN1CCCC1. The van der Waals surface area contributed by atoms with Gasteiger partial charge in [-0.1, -0.05) is 12.1 Å². The van der Waals surface area contributed by atoms with Crippen molar-refractivity contribution in [2.24, 2.45) is 0 Å². The normalized spacial score (nSPS) is 16.2. The van der Waals surface area contributed by atoms with Gasteiger partial charge in [0, 0.05) is 12.1 Å². The van der Waals surface area contributed by atoms with Gasteiger partial charge in [0.25, 0.3) is 0 Å². The maximum absolute atomic E-state index is 9.17. The molecule has 0 radical (unpaired) electrons. The molecular formula is C12H18BNO3. The van der Waals surface area contributed by atoms with Crippen LogP contribution in [0.5, 0.6) is 5.75 Å². The molecule has 0 amide bonds. The number of hydrogen-bond acceptors (Lipinski definition) is 4.